The van der Waals surface area contributed by atoms with Gasteiger partial charge in [0.05, 0.1) is 5.69 Å². The van der Waals surface area contributed by atoms with Crippen LogP contribution in [0.1, 0.15) is 25.0 Å². The van der Waals surface area contributed by atoms with Crippen molar-refractivity contribution in [1.82, 2.24) is 14.8 Å². The SMILES string of the molecule is CN1C2CCC1CN(Cc1cc(N)ccn1)CC2. The Balaban J connectivity index is 1.67. The van der Waals surface area contributed by atoms with Gasteiger partial charge >= 0.3 is 0 Å². The van der Waals surface area contributed by atoms with Crippen LogP contribution >= 0.6 is 0 Å². The van der Waals surface area contributed by atoms with Crippen LogP contribution in [-0.4, -0.2) is 47.0 Å². The first kappa shape index (κ1) is 11.9. The lowest BCUT2D eigenvalue weighted by molar-refractivity contribution is 0.213. The van der Waals surface area contributed by atoms with Gasteiger partial charge in [-0.3, -0.25) is 14.8 Å². The van der Waals surface area contributed by atoms with Crippen molar-refractivity contribution >= 4 is 5.69 Å². The molecule has 0 radical (unpaired) electrons. The maximum absolute atomic E-state index is 5.81. The van der Waals surface area contributed by atoms with E-state index < -0.39 is 0 Å². The van der Waals surface area contributed by atoms with Crippen molar-refractivity contribution < 1.29 is 0 Å². The minimum absolute atomic E-state index is 0.735. The van der Waals surface area contributed by atoms with E-state index in [1.165, 1.54) is 32.4 Å². The summed E-state index contributed by atoms with van der Waals surface area (Å²) in [6, 6.07) is 5.38. The predicted octanol–water partition coefficient (Wildman–Crippen LogP) is 1.33. The van der Waals surface area contributed by atoms with Gasteiger partial charge in [0.2, 0.25) is 0 Å². The molecule has 0 aliphatic carbocycles. The molecule has 3 rings (SSSR count). The summed E-state index contributed by atoms with van der Waals surface area (Å²) in [5, 5.41) is 0. The number of hydrogen-bond donors (Lipinski definition) is 1. The zero-order valence-electron chi connectivity index (χ0n) is 11.0. The highest BCUT2D eigenvalue weighted by molar-refractivity contribution is 5.37. The molecule has 1 aromatic rings. The fourth-order valence-electron chi connectivity index (χ4n) is 3.34. The molecule has 2 aliphatic rings. The molecule has 0 saturated carbocycles. The molecule has 4 nitrogen and oxygen atoms in total. The van der Waals surface area contributed by atoms with Crippen LogP contribution < -0.4 is 5.73 Å². The molecule has 1 aromatic heterocycles. The monoisotopic (exact) mass is 246 g/mol. The van der Waals surface area contributed by atoms with Gasteiger partial charge < -0.3 is 5.73 Å². The summed E-state index contributed by atoms with van der Waals surface area (Å²) in [7, 11) is 2.28. The summed E-state index contributed by atoms with van der Waals surface area (Å²) in [5.41, 5.74) is 7.72. The third kappa shape index (κ3) is 2.35. The molecule has 2 bridgehead atoms. The van der Waals surface area contributed by atoms with Crippen LogP contribution in [0.5, 0.6) is 0 Å². The lowest BCUT2D eigenvalue weighted by Crippen LogP contribution is -2.36. The van der Waals surface area contributed by atoms with Gasteiger partial charge in [-0.2, -0.15) is 0 Å². The van der Waals surface area contributed by atoms with Crippen LogP contribution in [0, 0.1) is 0 Å². The summed E-state index contributed by atoms with van der Waals surface area (Å²) < 4.78 is 0. The predicted molar refractivity (Wildman–Crippen MR) is 73.1 cm³/mol. The Hall–Kier alpha value is -1.13. The largest absolute Gasteiger partial charge is 0.399 e. The van der Waals surface area contributed by atoms with Gasteiger partial charge in [0.25, 0.3) is 0 Å². The fraction of sp³-hybridized carbons (Fsp3) is 0.643. The molecule has 98 valence electrons. The van der Waals surface area contributed by atoms with E-state index in [-0.39, 0.29) is 0 Å². The van der Waals surface area contributed by atoms with E-state index in [2.05, 4.69) is 21.8 Å². The molecule has 4 heteroatoms. The number of rotatable bonds is 2. The van der Waals surface area contributed by atoms with Crippen molar-refractivity contribution in [2.75, 3.05) is 25.9 Å². The summed E-state index contributed by atoms with van der Waals surface area (Å²) in [4.78, 5) is 9.52. The minimum Gasteiger partial charge on any atom is -0.399 e. The van der Waals surface area contributed by atoms with Crippen LogP contribution in [0.3, 0.4) is 0 Å². The average Bonchev–Trinajstić information content (AvgIpc) is 2.58. The van der Waals surface area contributed by atoms with Gasteiger partial charge in [0.1, 0.15) is 0 Å². The van der Waals surface area contributed by atoms with Crippen molar-refractivity contribution in [3.8, 4) is 0 Å². The van der Waals surface area contributed by atoms with E-state index in [4.69, 9.17) is 5.73 Å². The third-order valence-electron chi connectivity index (χ3n) is 4.46. The fourth-order valence-corrected chi connectivity index (χ4v) is 3.34. The molecule has 18 heavy (non-hydrogen) atoms. The van der Waals surface area contributed by atoms with E-state index in [1.54, 1.807) is 6.20 Å². The first-order valence-electron chi connectivity index (χ1n) is 6.87. The van der Waals surface area contributed by atoms with Crippen molar-refractivity contribution in [1.29, 1.82) is 0 Å². The van der Waals surface area contributed by atoms with E-state index in [1.807, 2.05) is 12.1 Å². The van der Waals surface area contributed by atoms with Crippen molar-refractivity contribution in [3.05, 3.63) is 24.0 Å². The number of aromatic nitrogens is 1. The molecular formula is C14H22N4. The van der Waals surface area contributed by atoms with E-state index >= 15 is 0 Å². The van der Waals surface area contributed by atoms with Crippen LogP contribution in [0.25, 0.3) is 0 Å². The molecule has 2 N–H and O–H groups in total. The molecule has 0 spiro atoms. The lowest BCUT2D eigenvalue weighted by atomic mass is 10.1. The molecule has 2 unspecified atom stereocenters. The number of nitrogen functional groups attached to an aromatic ring is 1. The quantitative estimate of drug-likeness (QED) is 0.855. The van der Waals surface area contributed by atoms with Crippen LogP contribution in [-0.2, 0) is 6.54 Å². The van der Waals surface area contributed by atoms with Crippen LogP contribution in [0.2, 0.25) is 0 Å². The standard InChI is InChI=1S/C14H22N4/c1-17-13-2-3-14(17)10-18(7-5-13)9-12-8-11(15)4-6-16-12/h4,6,8,13-14H,2-3,5,7,9-10H2,1H3,(H2,15,16). The maximum Gasteiger partial charge on any atom is 0.0564 e. The van der Waals surface area contributed by atoms with Crippen molar-refractivity contribution in [2.45, 2.75) is 37.9 Å². The summed E-state index contributed by atoms with van der Waals surface area (Å²) in [5.74, 6) is 0. The lowest BCUT2D eigenvalue weighted by Gasteiger charge is -2.25. The zero-order valence-corrected chi connectivity index (χ0v) is 11.0. The molecule has 2 saturated heterocycles. The number of anilines is 1. The summed E-state index contributed by atoms with van der Waals surface area (Å²) in [6.07, 6.45) is 5.82. The Morgan fingerprint density at radius 3 is 3.00 bits per heavy atom. The van der Waals surface area contributed by atoms with Gasteiger partial charge in [0.15, 0.2) is 0 Å². The third-order valence-corrected chi connectivity index (χ3v) is 4.46. The second-order valence-electron chi connectivity index (χ2n) is 5.65. The molecule has 2 atom stereocenters. The molecule has 2 aliphatic heterocycles. The van der Waals surface area contributed by atoms with Gasteiger partial charge in [0, 0.05) is 43.6 Å². The Morgan fingerprint density at radius 1 is 1.33 bits per heavy atom. The van der Waals surface area contributed by atoms with Gasteiger partial charge in [-0.05, 0) is 38.4 Å². The average molecular weight is 246 g/mol. The van der Waals surface area contributed by atoms with E-state index in [0.717, 1.165) is 30.0 Å². The number of nitrogens with zero attached hydrogens (tertiary/aromatic N) is 3. The number of likely N-dealkylation sites (tertiary alicyclic amines) is 1. The number of hydrogen-bond acceptors (Lipinski definition) is 4. The Labute approximate surface area is 109 Å². The number of nitrogens with two attached hydrogens (primary N) is 1. The molecule has 3 heterocycles. The molecule has 0 amide bonds. The number of likely N-dealkylation sites (N-methyl/N-ethyl adjacent to an activating group) is 1. The Kier molecular flexibility index (Phi) is 3.22. The Bertz CT molecular complexity index is 420. The topological polar surface area (TPSA) is 45.4 Å². The van der Waals surface area contributed by atoms with Crippen molar-refractivity contribution in [3.63, 3.8) is 0 Å². The molecular weight excluding hydrogens is 224 g/mol. The Morgan fingerprint density at radius 2 is 2.17 bits per heavy atom. The molecule has 0 aromatic carbocycles. The van der Waals surface area contributed by atoms with Gasteiger partial charge in [-0.1, -0.05) is 0 Å². The number of fused-ring (bicyclic) bond motifs is 2. The summed E-state index contributed by atoms with van der Waals surface area (Å²) in [6.45, 7) is 3.29. The first-order chi connectivity index (χ1) is 8.72. The van der Waals surface area contributed by atoms with E-state index in [0.29, 0.717) is 0 Å². The number of pyridine rings is 1. The van der Waals surface area contributed by atoms with Crippen molar-refractivity contribution in [2.24, 2.45) is 0 Å². The second kappa shape index (κ2) is 4.86. The summed E-state index contributed by atoms with van der Waals surface area (Å²) >= 11 is 0. The smallest absolute Gasteiger partial charge is 0.0564 e. The zero-order chi connectivity index (χ0) is 12.5. The highest BCUT2D eigenvalue weighted by Crippen LogP contribution is 2.28. The normalized spacial score (nSPS) is 29.4. The highest BCUT2D eigenvalue weighted by Gasteiger charge is 2.34. The highest BCUT2D eigenvalue weighted by atomic mass is 15.3. The van der Waals surface area contributed by atoms with Gasteiger partial charge in [-0.15, -0.1) is 0 Å². The van der Waals surface area contributed by atoms with Gasteiger partial charge in [-0.25, -0.2) is 0 Å². The first-order valence-corrected chi connectivity index (χ1v) is 6.87. The molecule has 2 fully saturated rings. The minimum atomic E-state index is 0.735. The van der Waals surface area contributed by atoms with E-state index in [9.17, 15) is 0 Å². The maximum atomic E-state index is 5.81. The van der Waals surface area contributed by atoms with Crippen LogP contribution in [0.4, 0.5) is 5.69 Å². The second-order valence-corrected chi connectivity index (χ2v) is 5.65. The van der Waals surface area contributed by atoms with Crippen LogP contribution in [0.15, 0.2) is 18.3 Å².